The van der Waals surface area contributed by atoms with Gasteiger partial charge in [-0.3, -0.25) is 4.79 Å². The number of hydrogen-bond donors (Lipinski definition) is 1. The molecule has 6 heteroatoms. The zero-order valence-corrected chi connectivity index (χ0v) is 16.3. The summed E-state index contributed by atoms with van der Waals surface area (Å²) in [7, 11) is 1.99. The molecule has 4 rings (SSSR count). The summed E-state index contributed by atoms with van der Waals surface area (Å²) in [6.07, 6.45) is 6.08. The first-order valence-electron chi connectivity index (χ1n) is 9.35. The first kappa shape index (κ1) is 18.1. The number of pyridine rings is 1. The molecular weight excluding hydrogens is 356 g/mol. The highest BCUT2D eigenvalue weighted by Gasteiger charge is 2.24. The molecule has 3 aromatic rings. The molecule has 27 heavy (non-hydrogen) atoms. The van der Waals surface area contributed by atoms with Crippen molar-refractivity contribution in [2.75, 3.05) is 20.1 Å². The third-order valence-corrected chi connectivity index (χ3v) is 6.20. The van der Waals surface area contributed by atoms with Crippen LogP contribution in [0.15, 0.2) is 59.8 Å². The Bertz CT molecular complexity index is 898. The number of carbonyl (C=O) groups excluding carboxylic acids is 1. The fourth-order valence-electron chi connectivity index (χ4n) is 3.52. The van der Waals surface area contributed by atoms with Crippen molar-refractivity contribution in [2.45, 2.75) is 29.5 Å². The van der Waals surface area contributed by atoms with E-state index >= 15 is 0 Å². The molecule has 0 spiro atoms. The molecule has 1 saturated heterocycles. The average molecular weight is 381 g/mol. The number of imidazole rings is 1. The largest absolute Gasteiger partial charge is 0.338 e. The summed E-state index contributed by atoms with van der Waals surface area (Å²) in [5.74, 6) is 0.885. The fourth-order valence-corrected chi connectivity index (χ4v) is 4.45. The lowest BCUT2D eigenvalue weighted by molar-refractivity contribution is 0.0704. The molecule has 1 N–H and O–H groups in total. The number of rotatable bonds is 5. The van der Waals surface area contributed by atoms with E-state index in [2.05, 4.69) is 16.5 Å². The van der Waals surface area contributed by atoms with Crippen LogP contribution >= 0.6 is 11.8 Å². The van der Waals surface area contributed by atoms with Crippen molar-refractivity contribution in [3.05, 3.63) is 66.1 Å². The first-order chi connectivity index (χ1) is 13.2. The van der Waals surface area contributed by atoms with Crippen molar-refractivity contribution in [3.8, 4) is 0 Å². The van der Waals surface area contributed by atoms with E-state index in [0.717, 1.165) is 53.5 Å². The molecule has 0 radical (unpaired) electrons. The summed E-state index contributed by atoms with van der Waals surface area (Å²) in [5, 5.41) is 3.31. The monoisotopic (exact) mass is 380 g/mol. The molecule has 1 aliphatic heterocycles. The second kappa shape index (κ2) is 8.15. The number of hydrogen-bond acceptors (Lipinski definition) is 4. The van der Waals surface area contributed by atoms with Gasteiger partial charge < -0.3 is 14.6 Å². The zero-order chi connectivity index (χ0) is 18.6. The maximum atomic E-state index is 13.0. The first-order valence-corrected chi connectivity index (χ1v) is 10.3. The van der Waals surface area contributed by atoms with Crippen LogP contribution in [0.25, 0.3) is 5.65 Å². The van der Waals surface area contributed by atoms with E-state index in [0.29, 0.717) is 6.04 Å². The van der Waals surface area contributed by atoms with Gasteiger partial charge in [0.2, 0.25) is 0 Å². The van der Waals surface area contributed by atoms with Crippen molar-refractivity contribution < 1.29 is 4.79 Å². The van der Waals surface area contributed by atoms with Gasteiger partial charge in [-0.25, -0.2) is 4.98 Å². The van der Waals surface area contributed by atoms with Gasteiger partial charge in [0.15, 0.2) is 0 Å². The van der Waals surface area contributed by atoms with Gasteiger partial charge in [-0.15, -0.1) is 11.8 Å². The van der Waals surface area contributed by atoms with Gasteiger partial charge in [0, 0.05) is 42.2 Å². The minimum atomic E-state index is 0.141. The number of carbonyl (C=O) groups is 1. The highest BCUT2D eigenvalue weighted by atomic mass is 32.2. The summed E-state index contributed by atoms with van der Waals surface area (Å²) < 4.78 is 2.03. The van der Waals surface area contributed by atoms with Crippen molar-refractivity contribution in [1.82, 2.24) is 19.6 Å². The smallest absolute Gasteiger partial charge is 0.254 e. The van der Waals surface area contributed by atoms with Crippen LogP contribution in [0.3, 0.4) is 0 Å². The summed E-state index contributed by atoms with van der Waals surface area (Å²) in [4.78, 5) is 20.7. The molecule has 1 fully saturated rings. The van der Waals surface area contributed by atoms with Crippen LogP contribution in [-0.4, -0.2) is 46.4 Å². The van der Waals surface area contributed by atoms with Gasteiger partial charge in [0.25, 0.3) is 5.91 Å². The number of nitrogens with one attached hydrogen (secondary N) is 1. The van der Waals surface area contributed by atoms with Gasteiger partial charge in [0.05, 0.1) is 11.3 Å². The Balaban J connectivity index is 1.46. The Hall–Kier alpha value is -2.31. The van der Waals surface area contributed by atoms with E-state index in [9.17, 15) is 4.79 Å². The molecule has 0 saturated carbocycles. The second-order valence-electron chi connectivity index (χ2n) is 6.84. The molecule has 5 nitrogen and oxygen atoms in total. The lowest BCUT2D eigenvalue weighted by atomic mass is 10.0. The molecule has 2 aromatic heterocycles. The van der Waals surface area contributed by atoms with Crippen LogP contribution in [-0.2, 0) is 5.75 Å². The summed E-state index contributed by atoms with van der Waals surface area (Å²) in [6, 6.07) is 14.4. The van der Waals surface area contributed by atoms with Crippen LogP contribution in [0, 0.1) is 0 Å². The van der Waals surface area contributed by atoms with Crippen molar-refractivity contribution >= 4 is 23.3 Å². The van der Waals surface area contributed by atoms with Crippen molar-refractivity contribution in [3.63, 3.8) is 0 Å². The Kier molecular flexibility index (Phi) is 5.45. The molecule has 3 heterocycles. The highest BCUT2D eigenvalue weighted by Crippen LogP contribution is 2.28. The molecule has 1 amide bonds. The molecule has 0 unspecified atom stereocenters. The number of benzene rings is 1. The van der Waals surface area contributed by atoms with Gasteiger partial charge in [0.1, 0.15) is 5.65 Å². The quantitative estimate of drug-likeness (QED) is 0.689. The number of fused-ring (bicyclic) bond motifs is 1. The van der Waals surface area contributed by atoms with E-state index in [1.807, 2.05) is 65.0 Å². The minimum Gasteiger partial charge on any atom is -0.338 e. The molecule has 0 aliphatic carbocycles. The maximum absolute atomic E-state index is 13.0. The van der Waals surface area contributed by atoms with E-state index in [-0.39, 0.29) is 5.91 Å². The van der Waals surface area contributed by atoms with E-state index < -0.39 is 0 Å². The van der Waals surface area contributed by atoms with Gasteiger partial charge >= 0.3 is 0 Å². The number of nitrogens with zero attached hydrogens (tertiary/aromatic N) is 3. The lowest BCUT2D eigenvalue weighted by Crippen LogP contribution is -2.44. The lowest BCUT2D eigenvalue weighted by Gasteiger charge is -2.32. The van der Waals surface area contributed by atoms with Crippen LogP contribution in [0.5, 0.6) is 0 Å². The van der Waals surface area contributed by atoms with Gasteiger partial charge in [-0.1, -0.05) is 18.2 Å². The van der Waals surface area contributed by atoms with E-state index in [1.54, 1.807) is 11.8 Å². The highest BCUT2D eigenvalue weighted by molar-refractivity contribution is 7.98. The number of aromatic nitrogens is 2. The molecule has 1 aliphatic rings. The Morgan fingerprint density at radius 1 is 1.19 bits per heavy atom. The van der Waals surface area contributed by atoms with Gasteiger partial charge in [-0.2, -0.15) is 0 Å². The Labute approximate surface area is 163 Å². The molecular formula is C21H24N4OS. The number of amides is 1. The minimum absolute atomic E-state index is 0.141. The average Bonchev–Trinajstić information content (AvgIpc) is 3.15. The second-order valence-corrected chi connectivity index (χ2v) is 7.86. The summed E-state index contributed by atoms with van der Waals surface area (Å²) in [5.41, 5.74) is 2.77. The molecule has 0 atom stereocenters. The molecule has 0 bridgehead atoms. The third kappa shape index (κ3) is 4.01. The number of likely N-dealkylation sites (tertiary alicyclic amines) is 1. The van der Waals surface area contributed by atoms with Crippen LogP contribution in [0.2, 0.25) is 0 Å². The Morgan fingerprint density at radius 2 is 1.96 bits per heavy atom. The maximum Gasteiger partial charge on any atom is 0.254 e. The predicted octanol–water partition coefficient (Wildman–Crippen LogP) is 3.45. The van der Waals surface area contributed by atoms with E-state index in [4.69, 9.17) is 0 Å². The normalized spacial score (nSPS) is 15.4. The van der Waals surface area contributed by atoms with Crippen LogP contribution in [0.4, 0.5) is 0 Å². The van der Waals surface area contributed by atoms with Crippen molar-refractivity contribution in [1.29, 1.82) is 0 Å². The Morgan fingerprint density at radius 3 is 2.74 bits per heavy atom. The zero-order valence-electron chi connectivity index (χ0n) is 15.5. The van der Waals surface area contributed by atoms with Gasteiger partial charge in [-0.05, 0) is 44.2 Å². The van der Waals surface area contributed by atoms with Crippen molar-refractivity contribution in [2.24, 2.45) is 0 Å². The van der Waals surface area contributed by atoms with Crippen LogP contribution < -0.4 is 5.32 Å². The van der Waals surface area contributed by atoms with E-state index in [1.165, 1.54) is 0 Å². The fraction of sp³-hybridized carbons (Fsp3) is 0.333. The van der Waals surface area contributed by atoms with Crippen LogP contribution in [0.1, 0.15) is 28.9 Å². The topological polar surface area (TPSA) is 49.6 Å². The number of thioether (sulfide) groups is 1. The number of piperidine rings is 1. The summed E-state index contributed by atoms with van der Waals surface area (Å²) in [6.45, 7) is 1.63. The molecule has 1 aromatic carbocycles. The SMILES string of the molecule is CNC1CCN(C(=O)c2ccccc2SCc2cn3ccccc3n2)CC1. The molecule has 140 valence electrons. The predicted molar refractivity (Wildman–Crippen MR) is 109 cm³/mol. The third-order valence-electron chi connectivity index (χ3n) is 5.10. The standard InChI is InChI=1S/C21H24N4OS/c1-22-16-9-12-24(13-10-16)21(26)18-6-2-3-7-19(18)27-15-17-14-25-11-5-4-8-20(25)23-17/h2-8,11,14,16,22H,9-10,12-13,15H2,1H3. The summed E-state index contributed by atoms with van der Waals surface area (Å²) >= 11 is 1.68.